The summed E-state index contributed by atoms with van der Waals surface area (Å²) in [7, 11) is -3.70. The van der Waals surface area contributed by atoms with E-state index in [9.17, 15) is 13.2 Å². The summed E-state index contributed by atoms with van der Waals surface area (Å²) in [6, 6.07) is 6.61. The van der Waals surface area contributed by atoms with Crippen LogP contribution < -0.4 is 4.72 Å². The number of nitrogens with zero attached hydrogens (tertiary/aromatic N) is 1. The summed E-state index contributed by atoms with van der Waals surface area (Å²) in [5.74, 6) is -0.165. The first-order valence-corrected chi connectivity index (χ1v) is 11.4. The van der Waals surface area contributed by atoms with Crippen LogP contribution >= 0.6 is 27.3 Å². The lowest BCUT2D eigenvalue weighted by Crippen LogP contribution is -2.40. The average molecular weight is 457 g/mol. The van der Waals surface area contributed by atoms with Crippen LogP contribution in [0.2, 0.25) is 0 Å². The van der Waals surface area contributed by atoms with Gasteiger partial charge in [-0.1, -0.05) is 0 Å². The number of hydrogen-bond acceptors (Lipinski definition) is 4. The number of amides is 1. The minimum absolute atomic E-state index is 0.0900. The first-order valence-electron chi connectivity index (χ1n) is 8.25. The van der Waals surface area contributed by atoms with Crippen LogP contribution in [0.1, 0.15) is 41.6 Å². The lowest BCUT2D eigenvalue weighted by atomic mass is 10.1. The van der Waals surface area contributed by atoms with Gasteiger partial charge in [0.2, 0.25) is 10.0 Å². The van der Waals surface area contributed by atoms with E-state index in [-0.39, 0.29) is 10.8 Å². The van der Waals surface area contributed by atoms with Gasteiger partial charge in [0.1, 0.15) is 0 Å². The second-order valence-corrected chi connectivity index (χ2v) is 10.9. The van der Waals surface area contributed by atoms with Gasteiger partial charge in [-0.25, -0.2) is 13.1 Å². The maximum atomic E-state index is 13.0. The molecule has 5 nitrogen and oxygen atoms in total. The number of carbonyl (C=O) groups excluding carboxylic acids is 1. The van der Waals surface area contributed by atoms with Gasteiger partial charge in [0.15, 0.2) is 0 Å². The zero-order chi connectivity index (χ0) is 19.1. The average Bonchev–Trinajstić information content (AvgIpc) is 2.99. The van der Waals surface area contributed by atoms with Crippen molar-refractivity contribution in [3.63, 3.8) is 0 Å². The lowest BCUT2D eigenvalue weighted by molar-refractivity contribution is 0.0734. The highest BCUT2D eigenvalue weighted by Gasteiger charge is 2.27. The molecule has 0 aliphatic carbocycles. The molecule has 0 radical (unpaired) electrons. The number of sulfonamides is 1. The third-order valence-corrected chi connectivity index (χ3v) is 7.48. The van der Waals surface area contributed by atoms with Crippen molar-refractivity contribution in [3.05, 3.63) is 50.1 Å². The maximum Gasteiger partial charge on any atom is 0.255 e. The van der Waals surface area contributed by atoms with E-state index in [0.717, 1.165) is 6.42 Å². The molecule has 1 aromatic carbocycles. The van der Waals surface area contributed by atoms with Gasteiger partial charge in [0, 0.05) is 28.0 Å². The van der Waals surface area contributed by atoms with Gasteiger partial charge in [-0.05, 0) is 78.3 Å². The zero-order valence-electron chi connectivity index (χ0n) is 14.9. The van der Waals surface area contributed by atoms with Crippen molar-refractivity contribution >= 4 is 43.2 Å². The molecule has 2 heterocycles. The number of carbonyl (C=O) groups is 1. The normalized spacial score (nSPS) is 15.0. The minimum Gasteiger partial charge on any atom is -0.334 e. The first kappa shape index (κ1) is 19.5. The Balaban J connectivity index is 1.90. The van der Waals surface area contributed by atoms with Crippen molar-refractivity contribution in [2.24, 2.45) is 0 Å². The van der Waals surface area contributed by atoms with Crippen LogP contribution in [-0.4, -0.2) is 31.3 Å². The summed E-state index contributed by atoms with van der Waals surface area (Å²) in [6.07, 6.45) is 0.833. The number of hydrogen-bond donors (Lipinski definition) is 1. The van der Waals surface area contributed by atoms with E-state index >= 15 is 0 Å². The van der Waals surface area contributed by atoms with E-state index in [2.05, 4.69) is 20.7 Å². The highest BCUT2D eigenvalue weighted by Crippen LogP contribution is 2.28. The van der Waals surface area contributed by atoms with E-state index in [0.29, 0.717) is 23.1 Å². The third-order valence-electron chi connectivity index (χ3n) is 4.01. The molecule has 0 spiro atoms. The predicted molar refractivity (Wildman–Crippen MR) is 107 cm³/mol. The Morgan fingerprint density at radius 2 is 2.00 bits per heavy atom. The SMILES string of the molecule is CC(C)(C)NS(=O)(=O)c1ccc(Br)c(C(=O)N2CCc3sccc3C2)c1. The maximum absolute atomic E-state index is 13.0. The van der Waals surface area contributed by atoms with Crippen LogP contribution in [0.5, 0.6) is 0 Å². The summed E-state index contributed by atoms with van der Waals surface area (Å²) >= 11 is 5.10. The van der Waals surface area contributed by atoms with Gasteiger partial charge >= 0.3 is 0 Å². The van der Waals surface area contributed by atoms with Gasteiger partial charge in [-0.15, -0.1) is 11.3 Å². The number of thiophene rings is 1. The van der Waals surface area contributed by atoms with Crippen molar-refractivity contribution in [1.82, 2.24) is 9.62 Å². The van der Waals surface area contributed by atoms with Gasteiger partial charge in [0.05, 0.1) is 10.5 Å². The summed E-state index contributed by atoms with van der Waals surface area (Å²) < 4.78 is 28.4. The fourth-order valence-corrected chi connectivity index (χ4v) is 5.64. The van der Waals surface area contributed by atoms with Crippen molar-refractivity contribution < 1.29 is 13.2 Å². The fraction of sp³-hybridized carbons (Fsp3) is 0.389. The fourth-order valence-electron chi connectivity index (χ4n) is 2.89. The molecule has 1 aliphatic rings. The molecular formula is C18H21BrN2O3S2. The molecular weight excluding hydrogens is 436 g/mol. The van der Waals surface area contributed by atoms with Crippen LogP contribution in [-0.2, 0) is 23.0 Å². The molecule has 0 bridgehead atoms. The Bertz CT molecular complexity index is 946. The van der Waals surface area contributed by atoms with E-state index in [1.165, 1.54) is 22.6 Å². The molecule has 2 aromatic rings. The van der Waals surface area contributed by atoms with Gasteiger partial charge in [-0.3, -0.25) is 4.79 Å². The van der Waals surface area contributed by atoms with Gasteiger partial charge < -0.3 is 4.90 Å². The van der Waals surface area contributed by atoms with Crippen molar-refractivity contribution in [2.45, 2.75) is 44.2 Å². The van der Waals surface area contributed by atoms with Crippen LogP contribution in [0, 0.1) is 0 Å². The first-order chi connectivity index (χ1) is 12.1. The van der Waals surface area contributed by atoms with E-state index in [1.54, 1.807) is 43.1 Å². The minimum atomic E-state index is -3.70. The lowest BCUT2D eigenvalue weighted by Gasteiger charge is -2.27. The summed E-state index contributed by atoms with van der Waals surface area (Å²) in [4.78, 5) is 16.2. The molecule has 1 aromatic heterocycles. The number of fused-ring (bicyclic) bond motifs is 1. The molecule has 26 heavy (non-hydrogen) atoms. The quantitative estimate of drug-likeness (QED) is 0.763. The molecule has 0 fully saturated rings. The summed E-state index contributed by atoms with van der Waals surface area (Å²) in [5.41, 5.74) is 0.933. The second-order valence-electron chi connectivity index (χ2n) is 7.34. The molecule has 140 valence electrons. The second kappa shape index (κ2) is 7.07. The van der Waals surface area contributed by atoms with Crippen LogP contribution in [0.25, 0.3) is 0 Å². The van der Waals surface area contributed by atoms with E-state index in [4.69, 9.17) is 0 Å². The third kappa shape index (κ3) is 4.19. The van der Waals surface area contributed by atoms with Gasteiger partial charge in [-0.2, -0.15) is 0 Å². The van der Waals surface area contributed by atoms with Crippen LogP contribution in [0.3, 0.4) is 0 Å². The molecule has 0 saturated heterocycles. The Morgan fingerprint density at radius 1 is 1.27 bits per heavy atom. The Kier molecular flexibility index (Phi) is 5.31. The van der Waals surface area contributed by atoms with Crippen molar-refractivity contribution in [1.29, 1.82) is 0 Å². The Morgan fingerprint density at radius 3 is 2.69 bits per heavy atom. The molecule has 0 unspecified atom stereocenters. The molecule has 1 amide bonds. The summed E-state index contributed by atoms with van der Waals surface area (Å²) in [5, 5.41) is 2.04. The Hall–Kier alpha value is -1.22. The highest BCUT2D eigenvalue weighted by atomic mass is 79.9. The topological polar surface area (TPSA) is 66.5 Å². The molecule has 0 saturated carbocycles. The standard InChI is InChI=1S/C18H21BrN2O3S2/c1-18(2,3)20-26(23,24)13-4-5-15(19)14(10-13)17(22)21-8-6-16-12(11-21)7-9-25-16/h4-5,7,9-10,20H,6,8,11H2,1-3H3. The molecule has 1 aliphatic heterocycles. The molecule has 8 heteroatoms. The summed E-state index contributed by atoms with van der Waals surface area (Å²) in [6.45, 7) is 6.53. The number of rotatable bonds is 3. The van der Waals surface area contributed by atoms with Crippen molar-refractivity contribution in [2.75, 3.05) is 6.54 Å². The van der Waals surface area contributed by atoms with E-state index in [1.807, 2.05) is 11.4 Å². The molecule has 1 N–H and O–H groups in total. The van der Waals surface area contributed by atoms with Crippen molar-refractivity contribution in [3.8, 4) is 0 Å². The monoisotopic (exact) mass is 456 g/mol. The predicted octanol–water partition coefficient (Wildman–Crippen LogP) is 3.79. The number of nitrogens with one attached hydrogen (secondary N) is 1. The van der Waals surface area contributed by atoms with Crippen LogP contribution in [0.4, 0.5) is 0 Å². The molecule has 3 rings (SSSR count). The number of benzene rings is 1. The highest BCUT2D eigenvalue weighted by molar-refractivity contribution is 9.10. The van der Waals surface area contributed by atoms with Gasteiger partial charge in [0.25, 0.3) is 5.91 Å². The molecule has 0 atom stereocenters. The smallest absolute Gasteiger partial charge is 0.255 e. The van der Waals surface area contributed by atoms with E-state index < -0.39 is 15.6 Å². The number of halogens is 1. The largest absolute Gasteiger partial charge is 0.334 e. The van der Waals surface area contributed by atoms with Crippen LogP contribution in [0.15, 0.2) is 39.0 Å². The zero-order valence-corrected chi connectivity index (χ0v) is 18.1. The Labute approximate surface area is 166 Å².